The number of hydrogen-bond acceptors (Lipinski definition) is 2. The van der Waals surface area contributed by atoms with E-state index in [2.05, 4.69) is 4.74 Å². The Balaban J connectivity index is 2.37. The summed E-state index contributed by atoms with van der Waals surface area (Å²) < 4.78 is 17.0. The molecule has 3 heteroatoms. The summed E-state index contributed by atoms with van der Waals surface area (Å²) in [7, 11) is 1.36. The number of hydrogen-bond donors (Lipinski definition) is 0. The van der Waals surface area contributed by atoms with Gasteiger partial charge in [0.2, 0.25) is 0 Å². The minimum atomic E-state index is -0.259. The number of rotatable bonds is 4. The Kier molecular flexibility index (Phi) is 4.54. The number of allylic oxidation sites excluding steroid dienone is 1. The molecule has 0 aliphatic carbocycles. The van der Waals surface area contributed by atoms with Gasteiger partial charge in [-0.25, -0.2) is 4.39 Å². The number of ether oxygens (including phenoxy) is 1. The second kappa shape index (κ2) is 5.96. The summed E-state index contributed by atoms with van der Waals surface area (Å²) in [6, 6.07) is 6.28. The second-order valence-electron chi connectivity index (χ2n) is 3.08. The van der Waals surface area contributed by atoms with Gasteiger partial charge >= 0.3 is 5.97 Å². The summed E-state index contributed by atoms with van der Waals surface area (Å²) in [6.07, 6.45) is 4.58. The summed E-state index contributed by atoms with van der Waals surface area (Å²) in [5.41, 5.74) is 1.01. The van der Waals surface area contributed by atoms with Crippen LogP contribution in [0.5, 0.6) is 0 Å². The van der Waals surface area contributed by atoms with Gasteiger partial charge in [0.1, 0.15) is 5.82 Å². The van der Waals surface area contributed by atoms with E-state index in [1.54, 1.807) is 18.2 Å². The van der Waals surface area contributed by atoms with Crippen molar-refractivity contribution in [1.82, 2.24) is 0 Å². The van der Waals surface area contributed by atoms with Gasteiger partial charge in [0.05, 0.1) is 13.5 Å². The average Bonchev–Trinajstić information content (AvgIpc) is 2.26. The number of benzene rings is 1. The van der Waals surface area contributed by atoms with Crippen LogP contribution in [-0.4, -0.2) is 13.1 Å². The smallest absolute Gasteiger partial charge is 0.309 e. The molecule has 0 unspecified atom stereocenters. The topological polar surface area (TPSA) is 26.3 Å². The molecule has 0 heterocycles. The molecule has 0 aromatic heterocycles. The highest BCUT2D eigenvalue weighted by atomic mass is 19.1. The van der Waals surface area contributed by atoms with E-state index in [1.807, 2.05) is 6.08 Å². The van der Waals surface area contributed by atoms with Gasteiger partial charge < -0.3 is 4.74 Å². The van der Waals surface area contributed by atoms with Gasteiger partial charge in [-0.3, -0.25) is 4.79 Å². The summed E-state index contributed by atoms with van der Waals surface area (Å²) in [5, 5.41) is 0. The molecule has 0 radical (unpaired) electrons. The fourth-order valence-electron chi connectivity index (χ4n) is 1.10. The van der Waals surface area contributed by atoms with E-state index in [0.717, 1.165) is 5.56 Å². The molecule has 0 bridgehead atoms. The Morgan fingerprint density at radius 2 is 2.00 bits per heavy atom. The number of carbonyl (C=O) groups is 1. The molecular weight excluding hydrogens is 195 g/mol. The Hall–Kier alpha value is -1.64. The first kappa shape index (κ1) is 11.4. The van der Waals surface area contributed by atoms with Gasteiger partial charge in [-0.15, -0.1) is 0 Å². The largest absolute Gasteiger partial charge is 0.469 e. The third-order valence-corrected chi connectivity index (χ3v) is 1.95. The zero-order chi connectivity index (χ0) is 11.1. The maximum atomic E-state index is 12.5. The highest BCUT2D eigenvalue weighted by molar-refractivity contribution is 5.70. The van der Waals surface area contributed by atoms with Crippen LogP contribution < -0.4 is 0 Å². The number of carbonyl (C=O) groups excluding carboxylic acids is 1. The van der Waals surface area contributed by atoms with Crippen molar-refractivity contribution in [2.45, 2.75) is 12.8 Å². The Labute approximate surface area is 88.4 Å². The van der Waals surface area contributed by atoms with Gasteiger partial charge in [0.15, 0.2) is 0 Å². The quantitative estimate of drug-likeness (QED) is 0.561. The number of halogens is 1. The molecular formula is C12H13FO2. The highest BCUT2D eigenvalue weighted by Crippen LogP contribution is 2.04. The predicted octanol–water partition coefficient (Wildman–Crippen LogP) is 2.49. The van der Waals surface area contributed by atoms with Gasteiger partial charge in [-0.05, 0) is 24.1 Å². The van der Waals surface area contributed by atoms with Crippen molar-refractivity contribution in [3.05, 3.63) is 47.8 Å². The minimum Gasteiger partial charge on any atom is -0.469 e. The third-order valence-electron chi connectivity index (χ3n) is 1.95. The van der Waals surface area contributed by atoms with Crippen LogP contribution in [0.4, 0.5) is 4.39 Å². The van der Waals surface area contributed by atoms with Crippen molar-refractivity contribution >= 4 is 5.97 Å². The highest BCUT2D eigenvalue weighted by Gasteiger charge is 1.94. The molecule has 0 aliphatic rings. The molecule has 0 saturated heterocycles. The first-order valence-electron chi connectivity index (χ1n) is 4.68. The van der Waals surface area contributed by atoms with E-state index in [9.17, 15) is 9.18 Å². The van der Waals surface area contributed by atoms with Gasteiger partial charge in [0, 0.05) is 0 Å². The molecule has 0 spiro atoms. The zero-order valence-corrected chi connectivity index (χ0v) is 8.57. The summed E-state index contributed by atoms with van der Waals surface area (Å²) >= 11 is 0. The summed E-state index contributed by atoms with van der Waals surface area (Å²) in [4.78, 5) is 10.7. The monoisotopic (exact) mass is 208 g/mol. The van der Waals surface area contributed by atoms with Crippen LogP contribution in [0.1, 0.15) is 12.0 Å². The molecule has 80 valence electrons. The summed E-state index contributed by atoms with van der Waals surface area (Å²) in [6.45, 7) is 0. The van der Waals surface area contributed by atoms with E-state index in [-0.39, 0.29) is 18.2 Å². The van der Waals surface area contributed by atoms with Crippen LogP contribution in [0.15, 0.2) is 36.4 Å². The van der Waals surface area contributed by atoms with Crippen molar-refractivity contribution in [1.29, 1.82) is 0 Å². The van der Waals surface area contributed by atoms with E-state index in [0.29, 0.717) is 6.42 Å². The molecule has 0 fully saturated rings. The lowest BCUT2D eigenvalue weighted by molar-refractivity contribution is -0.139. The molecule has 15 heavy (non-hydrogen) atoms. The predicted molar refractivity (Wildman–Crippen MR) is 55.9 cm³/mol. The first-order valence-corrected chi connectivity index (χ1v) is 4.68. The maximum Gasteiger partial charge on any atom is 0.309 e. The summed E-state index contributed by atoms with van der Waals surface area (Å²) in [5.74, 6) is -0.498. The van der Waals surface area contributed by atoms with E-state index in [1.165, 1.54) is 19.2 Å². The van der Waals surface area contributed by atoms with Crippen LogP contribution >= 0.6 is 0 Å². The van der Waals surface area contributed by atoms with Crippen molar-refractivity contribution in [3.8, 4) is 0 Å². The lowest BCUT2D eigenvalue weighted by Gasteiger charge is -1.95. The van der Waals surface area contributed by atoms with Gasteiger partial charge in [-0.1, -0.05) is 24.3 Å². The SMILES string of the molecule is COC(=O)C/C=C\Cc1ccc(F)cc1. The fourth-order valence-corrected chi connectivity index (χ4v) is 1.10. The van der Waals surface area contributed by atoms with Crippen LogP contribution in [0, 0.1) is 5.82 Å². The Morgan fingerprint density at radius 1 is 1.33 bits per heavy atom. The molecule has 1 aromatic carbocycles. The lowest BCUT2D eigenvalue weighted by atomic mass is 10.1. The fraction of sp³-hybridized carbons (Fsp3) is 0.250. The van der Waals surface area contributed by atoms with Crippen molar-refractivity contribution in [2.75, 3.05) is 7.11 Å². The maximum absolute atomic E-state index is 12.5. The molecule has 1 aromatic rings. The average molecular weight is 208 g/mol. The van der Waals surface area contributed by atoms with E-state index >= 15 is 0 Å². The normalized spacial score (nSPS) is 10.5. The van der Waals surface area contributed by atoms with Crippen LogP contribution in [0.3, 0.4) is 0 Å². The van der Waals surface area contributed by atoms with Crippen molar-refractivity contribution < 1.29 is 13.9 Å². The zero-order valence-electron chi connectivity index (χ0n) is 8.57. The number of methoxy groups -OCH3 is 1. The molecule has 1 rings (SSSR count). The van der Waals surface area contributed by atoms with E-state index < -0.39 is 0 Å². The van der Waals surface area contributed by atoms with Crippen molar-refractivity contribution in [3.63, 3.8) is 0 Å². The molecule has 0 N–H and O–H groups in total. The minimum absolute atomic E-state index is 0.239. The molecule has 0 amide bonds. The van der Waals surface area contributed by atoms with Crippen molar-refractivity contribution in [2.24, 2.45) is 0 Å². The molecule has 0 atom stereocenters. The van der Waals surface area contributed by atoms with Gasteiger partial charge in [-0.2, -0.15) is 0 Å². The standard InChI is InChI=1S/C12H13FO2/c1-15-12(14)5-3-2-4-10-6-8-11(13)9-7-10/h2-3,6-9H,4-5H2,1H3/b3-2-. The van der Waals surface area contributed by atoms with Crippen LogP contribution in [0.25, 0.3) is 0 Å². The lowest BCUT2D eigenvalue weighted by Crippen LogP contribution is -1.96. The van der Waals surface area contributed by atoms with Crippen LogP contribution in [0.2, 0.25) is 0 Å². The molecule has 2 nitrogen and oxygen atoms in total. The van der Waals surface area contributed by atoms with E-state index in [4.69, 9.17) is 0 Å². The Bertz CT molecular complexity index is 341. The Morgan fingerprint density at radius 3 is 2.60 bits per heavy atom. The van der Waals surface area contributed by atoms with Gasteiger partial charge in [0.25, 0.3) is 0 Å². The number of esters is 1. The third kappa shape index (κ3) is 4.40. The second-order valence-corrected chi connectivity index (χ2v) is 3.08. The first-order chi connectivity index (χ1) is 7.22. The van der Waals surface area contributed by atoms with Crippen LogP contribution in [-0.2, 0) is 16.0 Å². The molecule has 0 aliphatic heterocycles. The molecule has 0 saturated carbocycles.